The average molecular weight is 461 g/mol. The van der Waals surface area contributed by atoms with Gasteiger partial charge in [0.05, 0.1) is 6.07 Å². The molecule has 0 aliphatic carbocycles. The Balaban J connectivity index is -0.000000172. The molecule has 0 aromatic rings. The summed E-state index contributed by atoms with van der Waals surface area (Å²) < 4.78 is 0. The Labute approximate surface area is 205 Å². The summed E-state index contributed by atoms with van der Waals surface area (Å²) in [5, 5.41) is 17.9. The molecule has 1 aliphatic rings. The normalized spacial score (nSPS) is 15.3. The summed E-state index contributed by atoms with van der Waals surface area (Å²) in [6, 6.07) is 2.69. The third-order valence-corrected chi connectivity index (χ3v) is 4.75. The molecule has 1 fully saturated rings. The van der Waals surface area contributed by atoms with Crippen LogP contribution in [0.3, 0.4) is 0 Å². The van der Waals surface area contributed by atoms with E-state index < -0.39 is 0 Å². The second kappa shape index (κ2) is 33.7. The minimum absolute atomic E-state index is 0.716. The number of allylic oxidation sites excluding steroid dienone is 5. The number of thiol groups is 1. The number of nitrogens with zero attached hydrogens (tertiary/aromatic N) is 1. The maximum absolute atomic E-state index is 8.02. The summed E-state index contributed by atoms with van der Waals surface area (Å²) in [6.45, 7) is 17.9. The standard InChI is InChI=1S/C10H18S.C7H17N3.C5H7N.C3H4.C2H2/c1-4-6-10(11)8-7-9(3)5-2;1-8-4-5-10-7-2-3-9-6-7;1-3-5(2)4-6;1-3-2;1-2/h4,6,9,11H,1,5,7-8H2,2-3H3;7-10H,2-6H2,1H3;3H,1-2H3;1H,2H3;1-2H/b10-6+;;5-3+;;. The highest BCUT2D eigenvalue weighted by Crippen LogP contribution is 2.16. The second-order valence-corrected chi connectivity index (χ2v) is 7.64. The highest BCUT2D eigenvalue weighted by atomic mass is 32.1. The van der Waals surface area contributed by atoms with Crippen molar-refractivity contribution >= 4 is 12.6 Å². The molecule has 0 amide bonds. The van der Waals surface area contributed by atoms with Crippen molar-refractivity contribution in [3.63, 3.8) is 0 Å². The predicted molar refractivity (Wildman–Crippen MR) is 149 cm³/mol. The van der Waals surface area contributed by atoms with Gasteiger partial charge in [-0.2, -0.15) is 5.26 Å². The number of rotatable bonds is 9. The van der Waals surface area contributed by atoms with Gasteiger partial charge in [-0.05, 0) is 64.4 Å². The predicted octanol–water partition coefficient (Wildman–Crippen LogP) is 5.33. The minimum atomic E-state index is 0.716. The summed E-state index contributed by atoms with van der Waals surface area (Å²) in [5.74, 6) is 3.07. The van der Waals surface area contributed by atoms with Crippen LogP contribution in [0.25, 0.3) is 0 Å². The van der Waals surface area contributed by atoms with Gasteiger partial charge in [-0.3, -0.25) is 0 Å². The first-order chi connectivity index (χ1) is 15.4. The lowest BCUT2D eigenvalue weighted by atomic mass is 10.0. The topological polar surface area (TPSA) is 59.9 Å². The highest BCUT2D eigenvalue weighted by molar-refractivity contribution is 7.84. The van der Waals surface area contributed by atoms with Gasteiger partial charge < -0.3 is 16.0 Å². The average Bonchev–Trinajstić information content (AvgIpc) is 3.33. The van der Waals surface area contributed by atoms with Crippen LogP contribution in [0, 0.1) is 42.4 Å². The van der Waals surface area contributed by atoms with Crippen molar-refractivity contribution in [1.82, 2.24) is 16.0 Å². The van der Waals surface area contributed by atoms with Crippen molar-refractivity contribution in [2.75, 3.05) is 33.2 Å². The van der Waals surface area contributed by atoms with E-state index in [0.717, 1.165) is 42.5 Å². The van der Waals surface area contributed by atoms with E-state index >= 15 is 0 Å². The summed E-state index contributed by atoms with van der Waals surface area (Å²) in [5.41, 5.74) is 0.773. The number of hydrogen-bond donors (Lipinski definition) is 4. The van der Waals surface area contributed by atoms with Gasteiger partial charge in [0.25, 0.3) is 0 Å². The smallest absolute Gasteiger partial charge is 0.0940 e. The zero-order chi connectivity index (χ0) is 25.6. The Bertz CT molecular complexity index is 558. The largest absolute Gasteiger partial charge is 0.318 e. The molecule has 2 unspecified atom stereocenters. The van der Waals surface area contributed by atoms with Crippen LogP contribution < -0.4 is 16.0 Å². The van der Waals surface area contributed by atoms with Gasteiger partial charge in [-0.15, -0.1) is 37.8 Å². The van der Waals surface area contributed by atoms with E-state index in [2.05, 4.69) is 74.2 Å². The van der Waals surface area contributed by atoms with Crippen molar-refractivity contribution < 1.29 is 0 Å². The number of hydrogen-bond acceptors (Lipinski definition) is 5. The first-order valence-electron chi connectivity index (χ1n) is 11.2. The number of likely N-dealkylation sites (N-methyl/N-ethyl adjacent to an activating group) is 1. The fourth-order valence-electron chi connectivity index (χ4n) is 2.11. The Kier molecular flexibility index (Phi) is 39.4. The van der Waals surface area contributed by atoms with E-state index in [9.17, 15) is 0 Å². The quantitative estimate of drug-likeness (QED) is 0.123. The van der Waals surface area contributed by atoms with Crippen LogP contribution in [0.5, 0.6) is 0 Å². The molecule has 1 saturated heterocycles. The Hall–Kier alpha value is -1.94. The van der Waals surface area contributed by atoms with E-state index in [1.165, 1.54) is 25.8 Å². The molecule has 5 heteroatoms. The van der Waals surface area contributed by atoms with Crippen molar-refractivity contribution in [3.05, 3.63) is 35.3 Å². The molecule has 4 nitrogen and oxygen atoms in total. The third kappa shape index (κ3) is 35.5. The molecule has 0 saturated carbocycles. The molecule has 32 heavy (non-hydrogen) atoms. The molecular weight excluding hydrogens is 412 g/mol. The molecule has 0 radical (unpaired) electrons. The van der Waals surface area contributed by atoms with Gasteiger partial charge in [0.1, 0.15) is 0 Å². The SMILES string of the molecule is C#C.C#CC.C/C=C(\C)C#N.C=C/C=C(/S)CCC(C)CC.CNCCNC1CCNC1. The summed E-state index contributed by atoms with van der Waals surface area (Å²) >= 11 is 4.31. The molecular formula is C27H48N4S. The molecule has 0 bridgehead atoms. The number of terminal acetylenes is 2. The summed E-state index contributed by atoms with van der Waals surface area (Å²) in [6.07, 6.45) is 23.0. The molecule has 1 aliphatic heterocycles. The van der Waals surface area contributed by atoms with Crippen molar-refractivity contribution in [2.24, 2.45) is 5.92 Å². The second-order valence-electron chi connectivity index (χ2n) is 7.07. The van der Waals surface area contributed by atoms with Crippen LogP contribution in [0.2, 0.25) is 0 Å². The van der Waals surface area contributed by atoms with Gasteiger partial charge in [0.15, 0.2) is 0 Å². The van der Waals surface area contributed by atoms with E-state index in [-0.39, 0.29) is 0 Å². The molecule has 0 spiro atoms. The Morgan fingerprint density at radius 2 is 1.97 bits per heavy atom. The van der Waals surface area contributed by atoms with Crippen LogP contribution in [-0.2, 0) is 0 Å². The number of nitriles is 1. The molecule has 3 N–H and O–H groups in total. The Morgan fingerprint density at radius 3 is 2.31 bits per heavy atom. The Morgan fingerprint density at radius 1 is 1.38 bits per heavy atom. The molecule has 0 aromatic carbocycles. The molecule has 2 atom stereocenters. The maximum atomic E-state index is 8.02. The molecule has 1 rings (SSSR count). The van der Waals surface area contributed by atoms with E-state index in [4.69, 9.17) is 5.26 Å². The lowest BCUT2D eigenvalue weighted by molar-refractivity contribution is 0.520. The molecule has 0 aromatic heterocycles. The van der Waals surface area contributed by atoms with Gasteiger partial charge in [0.2, 0.25) is 0 Å². The molecule has 1 heterocycles. The van der Waals surface area contributed by atoms with Crippen LogP contribution in [0.4, 0.5) is 0 Å². The lowest BCUT2D eigenvalue weighted by Crippen LogP contribution is -2.35. The van der Waals surface area contributed by atoms with Crippen LogP contribution in [0.1, 0.15) is 60.3 Å². The van der Waals surface area contributed by atoms with Crippen LogP contribution >= 0.6 is 12.6 Å². The van der Waals surface area contributed by atoms with Crippen molar-refractivity contribution in [1.29, 1.82) is 5.26 Å². The fraction of sp³-hybridized carbons (Fsp3) is 0.593. The van der Waals surface area contributed by atoms with Crippen LogP contribution in [-0.4, -0.2) is 39.3 Å². The highest BCUT2D eigenvalue weighted by Gasteiger charge is 2.11. The lowest BCUT2D eigenvalue weighted by Gasteiger charge is -2.09. The summed E-state index contributed by atoms with van der Waals surface area (Å²) in [4.78, 5) is 1.14. The van der Waals surface area contributed by atoms with Crippen LogP contribution in [0.15, 0.2) is 35.3 Å². The minimum Gasteiger partial charge on any atom is -0.318 e. The maximum Gasteiger partial charge on any atom is 0.0940 e. The zero-order valence-electron chi connectivity index (χ0n) is 21.4. The monoisotopic (exact) mass is 460 g/mol. The van der Waals surface area contributed by atoms with Gasteiger partial charge in [-0.25, -0.2) is 0 Å². The van der Waals surface area contributed by atoms with Crippen molar-refractivity contribution in [2.45, 2.75) is 66.3 Å². The first kappa shape index (κ1) is 37.4. The zero-order valence-corrected chi connectivity index (χ0v) is 22.3. The fourth-order valence-corrected chi connectivity index (χ4v) is 2.35. The van der Waals surface area contributed by atoms with E-state index in [1.54, 1.807) is 26.0 Å². The number of nitrogens with one attached hydrogen (secondary N) is 3. The first-order valence-corrected chi connectivity index (χ1v) is 11.6. The van der Waals surface area contributed by atoms with E-state index in [0.29, 0.717) is 6.04 Å². The van der Waals surface area contributed by atoms with Crippen molar-refractivity contribution in [3.8, 4) is 31.3 Å². The molecule has 182 valence electrons. The third-order valence-electron chi connectivity index (χ3n) is 4.38. The summed E-state index contributed by atoms with van der Waals surface area (Å²) in [7, 11) is 1.98. The van der Waals surface area contributed by atoms with Gasteiger partial charge in [-0.1, -0.05) is 45.1 Å². The van der Waals surface area contributed by atoms with Gasteiger partial charge in [0, 0.05) is 31.2 Å². The van der Waals surface area contributed by atoms with Gasteiger partial charge >= 0.3 is 0 Å². The van der Waals surface area contributed by atoms with E-state index in [1.807, 2.05) is 26.1 Å².